The third kappa shape index (κ3) is 2.18. The molecular formula is C10H12N2O2S. The van der Waals surface area contributed by atoms with Gasteiger partial charge in [-0.25, -0.2) is 4.79 Å². The van der Waals surface area contributed by atoms with Gasteiger partial charge >= 0.3 is 6.03 Å². The average molecular weight is 224 g/mol. The van der Waals surface area contributed by atoms with Crippen molar-refractivity contribution in [3.63, 3.8) is 0 Å². The van der Waals surface area contributed by atoms with Crippen LogP contribution in [0.15, 0.2) is 17.5 Å². The summed E-state index contributed by atoms with van der Waals surface area (Å²) in [5, 5.41) is 4.84. The molecule has 0 saturated carbocycles. The average Bonchev–Trinajstić information content (AvgIpc) is 2.75. The number of nitrogens with zero attached hydrogens (tertiary/aromatic N) is 1. The normalized spacial score (nSPS) is 20.5. The van der Waals surface area contributed by atoms with Crippen LogP contribution in [0.5, 0.6) is 0 Å². The van der Waals surface area contributed by atoms with Crippen LogP contribution < -0.4 is 5.32 Å². The Morgan fingerprint density at radius 3 is 3.13 bits per heavy atom. The Bertz CT molecular complexity index is 375. The van der Waals surface area contributed by atoms with Crippen LogP contribution in [0.1, 0.15) is 17.8 Å². The van der Waals surface area contributed by atoms with Gasteiger partial charge in [0.1, 0.15) is 5.78 Å². The monoisotopic (exact) mass is 224 g/mol. The van der Waals surface area contributed by atoms with Crippen molar-refractivity contribution < 1.29 is 9.59 Å². The Morgan fingerprint density at radius 1 is 1.73 bits per heavy atom. The van der Waals surface area contributed by atoms with Gasteiger partial charge in [0.25, 0.3) is 0 Å². The second-order valence-corrected chi connectivity index (χ2v) is 4.58. The lowest BCUT2D eigenvalue weighted by atomic mass is 10.2. The molecule has 0 radical (unpaired) electrons. The van der Waals surface area contributed by atoms with Crippen LogP contribution in [0.4, 0.5) is 4.79 Å². The van der Waals surface area contributed by atoms with E-state index in [1.807, 2.05) is 17.5 Å². The molecule has 0 aromatic carbocycles. The second kappa shape index (κ2) is 4.02. The van der Waals surface area contributed by atoms with E-state index in [4.69, 9.17) is 0 Å². The van der Waals surface area contributed by atoms with Gasteiger partial charge in [0.15, 0.2) is 0 Å². The maximum absolute atomic E-state index is 11.5. The van der Waals surface area contributed by atoms with Crippen LogP contribution in [-0.4, -0.2) is 29.8 Å². The number of nitrogens with one attached hydrogen (secondary N) is 1. The molecule has 0 spiro atoms. The van der Waals surface area contributed by atoms with Crippen LogP contribution in [0.2, 0.25) is 0 Å². The molecule has 4 nitrogen and oxygen atoms in total. The number of Topliss-reactive ketones (excluding diaryl/α,β-unsaturated/α-hetero) is 1. The summed E-state index contributed by atoms with van der Waals surface area (Å²) in [4.78, 5) is 25.1. The molecule has 0 bridgehead atoms. The molecule has 1 N–H and O–H groups in total. The van der Waals surface area contributed by atoms with Crippen LogP contribution >= 0.6 is 11.3 Å². The molecule has 0 aliphatic carbocycles. The third-order valence-electron chi connectivity index (χ3n) is 2.29. The molecule has 15 heavy (non-hydrogen) atoms. The predicted octanol–water partition coefficient (Wildman–Crippen LogP) is 1.40. The minimum atomic E-state index is -0.149. The molecule has 2 rings (SSSR count). The molecule has 1 aromatic rings. The highest BCUT2D eigenvalue weighted by molar-refractivity contribution is 7.10. The predicted molar refractivity (Wildman–Crippen MR) is 57.8 cm³/mol. The minimum absolute atomic E-state index is 0.0111. The van der Waals surface area contributed by atoms with Gasteiger partial charge in [-0.3, -0.25) is 4.79 Å². The van der Waals surface area contributed by atoms with E-state index in [0.29, 0.717) is 6.54 Å². The van der Waals surface area contributed by atoms with Gasteiger partial charge in [-0.2, -0.15) is 0 Å². The number of thiophene rings is 1. The van der Waals surface area contributed by atoms with Crippen LogP contribution in [-0.2, 0) is 4.79 Å². The molecule has 1 unspecified atom stereocenters. The highest BCUT2D eigenvalue weighted by Gasteiger charge is 2.30. The van der Waals surface area contributed by atoms with Gasteiger partial charge < -0.3 is 10.2 Å². The van der Waals surface area contributed by atoms with Gasteiger partial charge in [-0.15, -0.1) is 11.3 Å². The maximum Gasteiger partial charge on any atom is 0.318 e. The van der Waals surface area contributed by atoms with Gasteiger partial charge in [-0.1, -0.05) is 6.07 Å². The van der Waals surface area contributed by atoms with E-state index >= 15 is 0 Å². The number of rotatable bonds is 3. The summed E-state index contributed by atoms with van der Waals surface area (Å²) >= 11 is 1.62. The highest BCUT2D eigenvalue weighted by atomic mass is 32.1. The largest absolute Gasteiger partial charge is 0.329 e. The molecule has 1 fully saturated rings. The summed E-state index contributed by atoms with van der Waals surface area (Å²) in [5.41, 5.74) is 0. The Balaban J connectivity index is 2.04. The van der Waals surface area contributed by atoms with E-state index in [1.54, 1.807) is 16.2 Å². The highest BCUT2D eigenvalue weighted by Crippen LogP contribution is 2.23. The number of hydrogen-bond acceptors (Lipinski definition) is 3. The SMILES string of the molecule is CC(=O)CN1CC(c2cccs2)NC1=O. The minimum Gasteiger partial charge on any atom is -0.329 e. The van der Waals surface area contributed by atoms with Crippen molar-refractivity contribution in [3.8, 4) is 0 Å². The van der Waals surface area contributed by atoms with Crippen molar-refractivity contribution in [2.45, 2.75) is 13.0 Å². The first-order chi connectivity index (χ1) is 7.16. The van der Waals surface area contributed by atoms with Crippen LogP contribution in [0.3, 0.4) is 0 Å². The van der Waals surface area contributed by atoms with Gasteiger partial charge in [0, 0.05) is 11.4 Å². The Labute approximate surface area is 91.9 Å². The summed E-state index contributed by atoms with van der Waals surface area (Å²) < 4.78 is 0. The molecule has 80 valence electrons. The third-order valence-corrected chi connectivity index (χ3v) is 3.27. The van der Waals surface area contributed by atoms with E-state index in [2.05, 4.69) is 5.32 Å². The summed E-state index contributed by atoms with van der Waals surface area (Å²) in [6.45, 7) is 2.28. The van der Waals surface area contributed by atoms with Crippen molar-refractivity contribution in [2.24, 2.45) is 0 Å². The molecule has 1 aliphatic heterocycles. The topological polar surface area (TPSA) is 49.4 Å². The quantitative estimate of drug-likeness (QED) is 0.843. The number of carbonyl (C=O) groups is 2. The van der Waals surface area contributed by atoms with E-state index in [0.717, 1.165) is 4.88 Å². The van der Waals surface area contributed by atoms with Crippen molar-refractivity contribution in [1.82, 2.24) is 10.2 Å². The van der Waals surface area contributed by atoms with Crippen LogP contribution in [0, 0.1) is 0 Å². The molecule has 1 aliphatic rings. The number of ketones is 1. The molecule has 5 heteroatoms. The Hall–Kier alpha value is -1.36. The molecule has 1 atom stereocenters. The van der Waals surface area contributed by atoms with E-state index in [1.165, 1.54) is 6.92 Å². The molecule has 2 heterocycles. The lowest BCUT2D eigenvalue weighted by molar-refractivity contribution is -0.117. The number of hydrogen-bond donors (Lipinski definition) is 1. The first-order valence-corrected chi connectivity index (χ1v) is 5.63. The lowest BCUT2D eigenvalue weighted by Crippen LogP contribution is -2.32. The standard InChI is InChI=1S/C10H12N2O2S/c1-7(13)5-12-6-8(11-10(12)14)9-3-2-4-15-9/h2-4,8H,5-6H2,1H3,(H,11,14). The second-order valence-electron chi connectivity index (χ2n) is 3.60. The van der Waals surface area contributed by atoms with Gasteiger partial charge in [0.05, 0.1) is 12.6 Å². The molecule has 2 amide bonds. The number of carbonyl (C=O) groups excluding carboxylic acids is 2. The number of urea groups is 1. The lowest BCUT2D eigenvalue weighted by Gasteiger charge is -2.11. The zero-order valence-corrected chi connectivity index (χ0v) is 9.21. The molecule has 1 saturated heterocycles. The maximum atomic E-state index is 11.5. The zero-order valence-electron chi connectivity index (χ0n) is 8.40. The first-order valence-electron chi connectivity index (χ1n) is 4.75. The van der Waals surface area contributed by atoms with Gasteiger partial charge in [0.2, 0.25) is 0 Å². The Kier molecular flexibility index (Phi) is 2.73. The van der Waals surface area contributed by atoms with E-state index in [-0.39, 0.29) is 24.4 Å². The summed E-state index contributed by atoms with van der Waals surface area (Å²) in [7, 11) is 0. The zero-order chi connectivity index (χ0) is 10.8. The molecular weight excluding hydrogens is 212 g/mol. The van der Waals surface area contributed by atoms with Crippen molar-refractivity contribution >= 4 is 23.2 Å². The molecule has 1 aromatic heterocycles. The Morgan fingerprint density at radius 2 is 2.53 bits per heavy atom. The number of amides is 2. The summed E-state index contributed by atoms with van der Waals surface area (Å²) in [6.07, 6.45) is 0. The first kappa shape index (κ1) is 10.2. The van der Waals surface area contributed by atoms with E-state index < -0.39 is 0 Å². The van der Waals surface area contributed by atoms with Gasteiger partial charge in [-0.05, 0) is 18.4 Å². The summed E-state index contributed by atoms with van der Waals surface area (Å²) in [6, 6.07) is 3.84. The fourth-order valence-corrected chi connectivity index (χ4v) is 2.41. The van der Waals surface area contributed by atoms with Crippen LogP contribution in [0.25, 0.3) is 0 Å². The van der Waals surface area contributed by atoms with Crippen molar-refractivity contribution in [3.05, 3.63) is 22.4 Å². The van der Waals surface area contributed by atoms with Crippen molar-refractivity contribution in [2.75, 3.05) is 13.1 Å². The van der Waals surface area contributed by atoms with Crippen molar-refractivity contribution in [1.29, 1.82) is 0 Å². The summed E-state index contributed by atoms with van der Waals surface area (Å²) in [5.74, 6) is 0.0111. The fraction of sp³-hybridized carbons (Fsp3) is 0.400. The van der Waals surface area contributed by atoms with E-state index in [9.17, 15) is 9.59 Å². The fourth-order valence-electron chi connectivity index (χ4n) is 1.65. The smallest absolute Gasteiger partial charge is 0.318 e.